The van der Waals surface area contributed by atoms with Crippen molar-refractivity contribution in [1.82, 2.24) is 15.2 Å². The maximum Gasteiger partial charge on any atom is 0.326 e. The Morgan fingerprint density at radius 3 is 2.81 bits per heavy atom. The second-order valence-corrected chi connectivity index (χ2v) is 9.56. The molecule has 3 N–H and O–H groups in total. The molecule has 1 aromatic rings. The van der Waals surface area contributed by atoms with Crippen molar-refractivity contribution in [2.45, 2.75) is 83.7 Å². The summed E-state index contributed by atoms with van der Waals surface area (Å²) in [7, 11) is 2.07. The van der Waals surface area contributed by atoms with E-state index in [1.165, 1.54) is 12.0 Å². The molecule has 1 fully saturated rings. The van der Waals surface area contributed by atoms with E-state index in [0.29, 0.717) is 37.3 Å². The minimum atomic E-state index is -0.948. The number of nitrogens with one attached hydrogen (secondary N) is 2. The van der Waals surface area contributed by atoms with E-state index in [1.807, 2.05) is 0 Å². The van der Waals surface area contributed by atoms with Crippen LogP contribution in [-0.4, -0.2) is 59.1 Å². The molecule has 1 aromatic heterocycles. The monoisotopic (exact) mass is 444 g/mol. The van der Waals surface area contributed by atoms with Gasteiger partial charge < -0.3 is 20.6 Å². The number of anilines is 1. The summed E-state index contributed by atoms with van der Waals surface area (Å²) < 4.78 is 0. The number of hydrogen-bond donors (Lipinski definition) is 3. The van der Waals surface area contributed by atoms with E-state index in [-0.39, 0.29) is 5.91 Å². The molecule has 32 heavy (non-hydrogen) atoms. The van der Waals surface area contributed by atoms with Crippen LogP contribution in [0.15, 0.2) is 12.1 Å². The zero-order valence-corrected chi connectivity index (χ0v) is 19.9. The lowest BCUT2D eigenvalue weighted by atomic mass is 9.99. The highest BCUT2D eigenvalue weighted by Crippen LogP contribution is 2.38. The fourth-order valence-electron chi connectivity index (χ4n) is 4.77. The first-order valence-electron chi connectivity index (χ1n) is 12.4. The Hall–Kier alpha value is -2.15. The summed E-state index contributed by atoms with van der Waals surface area (Å²) in [6, 6.07) is 4.06. The Morgan fingerprint density at radius 2 is 2.09 bits per heavy atom. The second kappa shape index (κ2) is 11.6. The van der Waals surface area contributed by atoms with Crippen LogP contribution in [0.4, 0.5) is 5.82 Å². The predicted octanol–water partition coefficient (Wildman–Crippen LogP) is 3.48. The number of carboxylic acids is 1. The molecule has 3 rings (SSSR count). The molecule has 0 saturated heterocycles. The van der Waals surface area contributed by atoms with Crippen LogP contribution in [0, 0.1) is 11.8 Å². The van der Waals surface area contributed by atoms with Crippen molar-refractivity contribution in [3.8, 4) is 0 Å². The van der Waals surface area contributed by atoms with Crippen molar-refractivity contribution in [3.05, 3.63) is 23.4 Å². The van der Waals surface area contributed by atoms with Gasteiger partial charge in [0.2, 0.25) is 5.91 Å². The molecule has 3 atom stereocenters. The molecule has 0 aromatic carbocycles. The molecule has 2 aliphatic rings. The lowest BCUT2D eigenvalue weighted by Crippen LogP contribution is -2.43. The molecule has 7 nitrogen and oxygen atoms in total. The molecular weight excluding hydrogens is 404 g/mol. The SMILES string of the molecule is CCC(CC)CC(=O)NC(CCN(C)C1CC1CCc1ccc2c(n1)NCCC2)C(=O)O. The largest absolute Gasteiger partial charge is 0.480 e. The van der Waals surface area contributed by atoms with Gasteiger partial charge in [-0.1, -0.05) is 32.8 Å². The fourth-order valence-corrected chi connectivity index (χ4v) is 4.77. The van der Waals surface area contributed by atoms with Gasteiger partial charge in [0.25, 0.3) is 0 Å². The standard InChI is InChI=1S/C25H40N4O3/c1-4-17(5-2)15-23(30)28-21(25(31)32)12-14-29(3)22-16-19(22)9-11-20-10-8-18-7-6-13-26-24(18)27-20/h8,10,17,19,21-22H,4-7,9,11-16H2,1-3H3,(H,26,27)(H,28,30)(H,31,32). The third-order valence-corrected chi connectivity index (χ3v) is 7.21. The van der Waals surface area contributed by atoms with Crippen LogP contribution >= 0.6 is 0 Å². The fraction of sp³-hybridized carbons (Fsp3) is 0.720. The van der Waals surface area contributed by atoms with Gasteiger partial charge in [0.1, 0.15) is 11.9 Å². The molecule has 0 bridgehead atoms. The van der Waals surface area contributed by atoms with Crippen molar-refractivity contribution in [3.63, 3.8) is 0 Å². The Labute approximate surface area is 192 Å². The van der Waals surface area contributed by atoms with Gasteiger partial charge >= 0.3 is 5.97 Å². The normalized spacial score (nSPS) is 20.5. The van der Waals surface area contributed by atoms with Crippen molar-refractivity contribution in [2.24, 2.45) is 11.8 Å². The zero-order chi connectivity index (χ0) is 23.1. The van der Waals surface area contributed by atoms with E-state index >= 15 is 0 Å². The maximum absolute atomic E-state index is 12.2. The summed E-state index contributed by atoms with van der Waals surface area (Å²) in [6.07, 6.45) is 8.23. The number of carbonyl (C=O) groups is 2. The maximum atomic E-state index is 12.2. The van der Waals surface area contributed by atoms with Gasteiger partial charge in [0.15, 0.2) is 0 Å². The summed E-state index contributed by atoms with van der Waals surface area (Å²) >= 11 is 0. The lowest BCUT2D eigenvalue weighted by molar-refractivity contribution is -0.142. The highest BCUT2D eigenvalue weighted by Gasteiger charge is 2.39. The molecular formula is C25H40N4O3. The quantitative estimate of drug-likeness (QED) is 0.431. The molecule has 3 unspecified atom stereocenters. The van der Waals surface area contributed by atoms with Gasteiger partial charge in [-0.05, 0) is 69.0 Å². The number of pyridine rings is 1. The van der Waals surface area contributed by atoms with Gasteiger partial charge in [-0.2, -0.15) is 0 Å². The minimum absolute atomic E-state index is 0.148. The Bertz CT molecular complexity index is 780. The van der Waals surface area contributed by atoms with Crippen LogP contribution in [0.2, 0.25) is 0 Å². The van der Waals surface area contributed by atoms with E-state index in [4.69, 9.17) is 4.98 Å². The van der Waals surface area contributed by atoms with E-state index in [1.54, 1.807) is 0 Å². The van der Waals surface area contributed by atoms with Crippen molar-refractivity contribution in [1.29, 1.82) is 0 Å². The van der Waals surface area contributed by atoms with Gasteiger partial charge in [-0.3, -0.25) is 4.79 Å². The van der Waals surface area contributed by atoms with E-state index in [9.17, 15) is 14.7 Å². The first kappa shape index (κ1) is 24.5. The number of carboxylic acid groups (broad SMARTS) is 1. The van der Waals surface area contributed by atoms with E-state index in [2.05, 4.69) is 48.6 Å². The molecule has 0 radical (unpaired) electrons. The smallest absolute Gasteiger partial charge is 0.326 e. The van der Waals surface area contributed by atoms with Crippen molar-refractivity contribution in [2.75, 3.05) is 25.5 Å². The second-order valence-electron chi connectivity index (χ2n) is 9.56. The molecule has 0 spiro atoms. The number of aryl methyl sites for hydroxylation is 2. The minimum Gasteiger partial charge on any atom is -0.480 e. The summed E-state index contributed by atoms with van der Waals surface area (Å²) in [5.74, 6) is 0.920. The van der Waals surface area contributed by atoms with Crippen molar-refractivity contribution < 1.29 is 14.7 Å². The van der Waals surface area contributed by atoms with E-state index in [0.717, 1.165) is 56.6 Å². The third kappa shape index (κ3) is 6.92. The van der Waals surface area contributed by atoms with Crippen LogP contribution < -0.4 is 10.6 Å². The Kier molecular flexibility index (Phi) is 8.91. The number of rotatable bonds is 13. The first-order valence-corrected chi connectivity index (χ1v) is 12.4. The van der Waals surface area contributed by atoms with E-state index < -0.39 is 12.0 Å². The topological polar surface area (TPSA) is 94.6 Å². The molecule has 178 valence electrons. The molecule has 7 heteroatoms. The summed E-state index contributed by atoms with van der Waals surface area (Å²) in [5, 5.41) is 15.7. The molecule has 1 saturated carbocycles. The summed E-state index contributed by atoms with van der Waals surface area (Å²) in [5.41, 5.74) is 2.47. The average Bonchev–Trinajstić information content (AvgIpc) is 3.58. The zero-order valence-electron chi connectivity index (χ0n) is 19.9. The highest BCUT2D eigenvalue weighted by molar-refractivity contribution is 5.83. The average molecular weight is 445 g/mol. The van der Waals surface area contributed by atoms with Gasteiger partial charge in [0.05, 0.1) is 0 Å². The van der Waals surface area contributed by atoms with Gasteiger partial charge in [-0.15, -0.1) is 0 Å². The Morgan fingerprint density at radius 1 is 1.31 bits per heavy atom. The van der Waals surface area contributed by atoms with Crippen LogP contribution in [0.25, 0.3) is 0 Å². The van der Waals surface area contributed by atoms with Crippen LogP contribution in [0.1, 0.15) is 70.1 Å². The number of carbonyl (C=O) groups excluding carboxylic acids is 1. The van der Waals surface area contributed by atoms with Crippen LogP contribution in [-0.2, 0) is 22.4 Å². The van der Waals surface area contributed by atoms with Crippen LogP contribution in [0.3, 0.4) is 0 Å². The summed E-state index contributed by atoms with van der Waals surface area (Å²) in [4.78, 5) is 30.9. The number of aromatic nitrogens is 1. The predicted molar refractivity (Wildman–Crippen MR) is 127 cm³/mol. The van der Waals surface area contributed by atoms with Crippen molar-refractivity contribution >= 4 is 17.7 Å². The van der Waals surface area contributed by atoms with Gasteiger partial charge in [-0.25, -0.2) is 9.78 Å². The lowest BCUT2D eigenvalue weighted by Gasteiger charge is -2.21. The third-order valence-electron chi connectivity index (χ3n) is 7.21. The number of fused-ring (bicyclic) bond motifs is 1. The molecule has 1 amide bonds. The highest BCUT2D eigenvalue weighted by atomic mass is 16.4. The molecule has 2 heterocycles. The number of amides is 1. The Balaban J connectivity index is 1.39. The number of hydrogen-bond acceptors (Lipinski definition) is 5. The van der Waals surface area contributed by atoms with Crippen LogP contribution in [0.5, 0.6) is 0 Å². The first-order chi connectivity index (χ1) is 15.4. The number of aliphatic carboxylic acids is 1. The summed E-state index contributed by atoms with van der Waals surface area (Å²) in [6.45, 7) is 5.81. The molecule has 1 aliphatic heterocycles. The molecule has 1 aliphatic carbocycles. The number of nitrogens with zero attached hydrogens (tertiary/aromatic N) is 2. The van der Waals surface area contributed by atoms with Gasteiger partial charge in [0, 0.05) is 31.2 Å².